The number of benzene rings is 2. The molecular weight excluding hydrogens is 401 g/mol. The number of hydrogen-bond donors (Lipinski definition) is 4. The predicted octanol–water partition coefficient (Wildman–Crippen LogP) is 2.10. The molecule has 9 heteroatoms. The Kier molecular flexibility index (Phi) is 5.70. The SMILES string of the molecule is N=NC(=C[NH2+]c1ccc(C(=O)N2CCC(O)C2)cc1)c1cc2cc(F)ccc2[nH]c1=O. The molecule has 4 rings (SSSR count). The summed E-state index contributed by atoms with van der Waals surface area (Å²) in [5.74, 6) is -0.557. The number of quaternary nitrogens is 1. The van der Waals surface area contributed by atoms with Crippen LogP contribution in [0.3, 0.4) is 0 Å². The van der Waals surface area contributed by atoms with Crippen LogP contribution in [0.15, 0.2) is 64.6 Å². The Balaban J connectivity index is 1.53. The minimum atomic E-state index is -0.469. The van der Waals surface area contributed by atoms with Crippen LogP contribution in [0.1, 0.15) is 22.3 Å². The predicted molar refractivity (Wildman–Crippen MR) is 112 cm³/mol. The van der Waals surface area contributed by atoms with Crippen LogP contribution >= 0.6 is 0 Å². The molecule has 2 heterocycles. The molecule has 1 fully saturated rings. The fourth-order valence-corrected chi connectivity index (χ4v) is 3.58. The van der Waals surface area contributed by atoms with Gasteiger partial charge >= 0.3 is 0 Å². The summed E-state index contributed by atoms with van der Waals surface area (Å²) in [5, 5.41) is 15.2. The number of aromatic amines is 1. The highest BCUT2D eigenvalue weighted by atomic mass is 19.1. The monoisotopic (exact) mass is 422 g/mol. The first-order valence-electron chi connectivity index (χ1n) is 9.77. The average molecular weight is 422 g/mol. The first-order valence-corrected chi connectivity index (χ1v) is 9.77. The molecule has 1 aliphatic rings. The van der Waals surface area contributed by atoms with Crippen molar-refractivity contribution in [2.45, 2.75) is 12.5 Å². The largest absolute Gasteiger partial charge is 0.391 e. The number of rotatable bonds is 5. The number of nitrogens with zero attached hydrogens (tertiary/aromatic N) is 2. The van der Waals surface area contributed by atoms with Gasteiger partial charge in [0, 0.05) is 41.7 Å². The van der Waals surface area contributed by atoms with Gasteiger partial charge < -0.3 is 15.0 Å². The van der Waals surface area contributed by atoms with E-state index >= 15 is 0 Å². The molecule has 0 aliphatic carbocycles. The molecule has 1 amide bonds. The fourth-order valence-electron chi connectivity index (χ4n) is 3.58. The Hall–Kier alpha value is -3.69. The zero-order valence-electron chi connectivity index (χ0n) is 16.5. The van der Waals surface area contributed by atoms with Crippen molar-refractivity contribution < 1.29 is 19.6 Å². The second kappa shape index (κ2) is 8.58. The third-order valence-electron chi connectivity index (χ3n) is 5.24. The van der Waals surface area contributed by atoms with Gasteiger partial charge in [-0.15, -0.1) is 0 Å². The normalized spacial score (nSPS) is 16.6. The first kappa shape index (κ1) is 20.6. The van der Waals surface area contributed by atoms with Crippen LogP contribution in [0.5, 0.6) is 0 Å². The molecule has 5 N–H and O–H groups in total. The second-order valence-electron chi connectivity index (χ2n) is 7.39. The van der Waals surface area contributed by atoms with E-state index in [0.29, 0.717) is 36.0 Å². The first-order chi connectivity index (χ1) is 14.9. The summed E-state index contributed by atoms with van der Waals surface area (Å²) in [6.45, 7) is 0.878. The van der Waals surface area contributed by atoms with E-state index in [4.69, 9.17) is 5.53 Å². The maximum atomic E-state index is 13.5. The van der Waals surface area contributed by atoms with Crippen molar-refractivity contribution in [3.8, 4) is 0 Å². The van der Waals surface area contributed by atoms with E-state index in [1.54, 1.807) is 34.5 Å². The quantitative estimate of drug-likeness (QED) is 0.371. The van der Waals surface area contributed by atoms with Gasteiger partial charge in [0.1, 0.15) is 17.7 Å². The van der Waals surface area contributed by atoms with Gasteiger partial charge in [-0.3, -0.25) is 14.9 Å². The van der Waals surface area contributed by atoms with Crippen molar-refractivity contribution in [3.05, 3.63) is 82.0 Å². The number of fused-ring (bicyclic) bond motifs is 1. The molecule has 0 radical (unpaired) electrons. The van der Waals surface area contributed by atoms with Crippen LogP contribution in [0.25, 0.3) is 16.6 Å². The van der Waals surface area contributed by atoms with Gasteiger partial charge in [-0.2, -0.15) is 5.11 Å². The molecule has 0 spiro atoms. The number of nitrogens with one attached hydrogen (secondary N) is 2. The zero-order valence-corrected chi connectivity index (χ0v) is 16.5. The van der Waals surface area contributed by atoms with Crippen molar-refractivity contribution in [2.24, 2.45) is 5.11 Å². The highest BCUT2D eigenvalue weighted by molar-refractivity contribution is 5.94. The van der Waals surface area contributed by atoms with Crippen molar-refractivity contribution in [2.75, 3.05) is 13.1 Å². The van der Waals surface area contributed by atoms with Crippen LogP contribution < -0.4 is 10.9 Å². The van der Waals surface area contributed by atoms with E-state index in [2.05, 4.69) is 10.1 Å². The average Bonchev–Trinajstić information content (AvgIpc) is 3.21. The Morgan fingerprint density at radius 1 is 1.26 bits per heavy atom. The van der Waals surface area contributed by atoms with E-state index < -0.39 is 17.5 Å². The van der Waals surface area contributed by atoms with Gasteiger partial charge in [0.15, 0.2) is 5.70 Å². The second-order valence-corrected chi connectivity index (χ2v) is 7.39. The van der Waals surface area contributed by atoms with E-state index in [1.807, 2.05) is 0 Å². The van der Waals surface area contributed by atoms with Crippen LogP contribution in [0.2, 0.25) is 0 Å². The number of amides is 1. The topological polar surface area (TPSA) is 126 Å². The summed E-state index contributed by atoms with van der Waals surface area (Å²) in [7, 11) is 0. The Bertz CT molecular complexity index is 1240. The summed E-state index contributed by atoms with van der Waals surface area (Å²) < 4.78 is 13.5. The Labute approximate surface area is 176 Å². The number of carbonyl (C=O) groups is 1. The minimum absolute atomic E-state index is 0.124. The number of halogens is 1. The lowest BCUT2D eigenvalue weighted by atomic mass is 10.1. The molecule has 0 bridgehead atoms. The number of pyridine rings is 1. The summed E-state index contributed by atoms with van der Waals surface area (Å²) in [6, 6.07) is 12.4. The van der Waals surface area contributed by atoms with Gasteiger partial charge in [-0.25, -0.2) is 9.92 Å². The molecule has 1 aromatic heterocycles. The highest BCUT2D eigenvalue weighted by Gasteiger charge is 2.25. The molecule has 1 saturated heterocycles. The lowest BCUT2D eigenvalue weighted by Gasteiger charge is -2.15. The third kappa shape index (κ3) is 4.42. The molecule has 1 unspecified atom stereocenters. The lowest BCUT2D eigenvalue weighted by molar-refractivity contribution is -0.495. The summed E-state index contributed by atoms with van der Waals surface area (Å²) in [6.07, 6.45) is 1.64. The van der Waals surface area contributed by atoms with E-state index in [-0.39, 0.29) is 17.2 Å². The van der Waals surface area contributed by atoms with Crippen molar-refractivity contribution in [1.82, 2.24) is 9.88 Å². The molecular formula is C22H21FN5O3+. The number of H-pyrrole nitrogens is 1. The molecule has 1 atom stereocenters. The number of β-amino-alcohol motifs (C(OH)–C–C–N with tert-alkyl or cyclic N) is 1. The van der Waals surface area contributed by atoms with Crippen LogP contribution in [-0.4, -0.2) is 40.1 Å². The number of aromatic nitrogens is 1. The molecule has 0 saturated carbocycles. The Morgan fingerprint density at radius 3 is 2.71 bits per heavy atom. The van der Waals surface area contributed by atoms with Gasteiger partial charge in [0.2, 0.25) is 0 Å². The fraction of sp³-hybridized carbons (Fsp3) is 0.182. The zero-order chi connectivity index (χ0) is 22.0. The van der Waals surface area contributed by atoms with Gasteiger partial charge in [-0.1, -0.05) is 0 Å². The smallest absolute Gasteiger partial charge is 0.258 e. The molecule has 158 valence electrons. The van der Waals surface area contributed by atoms with Crippen molar-refractivity contribution in [1.29, 1.82) is 5.53 Å². The molecule has 31 heavy (non-hydrogen) atoms. The Morgan fingerprint density at radius 2 is 2.03 bits per heavy atom. The third-order valence-corrected chi connectivity index (χ3v) is 5.24. The summed E-state index contributed by atoms with van der Waals surface area (Å²) in [4.78, 5) is 29.1. The number of aliphatic hydroxyl groups excluding tert-OH is 1. The number of nitrogens with two attached hydrogens (primary N) is 1. The minimum Gasteiger partial charge on any atom is -0.391 e. The molecule has 8 nitrogen and oxygen atoms in total. The van der Waals surface area contributed by atoms with Crippen LogP contribution in [-0.2, 0) is 0 Å². The van der Waals surface area contributed by atoms with Crippen LogP contribution in [0, 0.1) is 11.3 Å². The van der Waals surface area contributed by atoms with Gasteiger partial charge in [0.25, 0.3) is 11.5 Å². The lowest BCUT2D eigenvalue weighted by Crippen LogP contribution is -2.71. The molecule has 3 aromatic rings. The van der Waals surface area contributed by atoms with E-state index in [1.165, 1.54) is 30.5 Å². The van der Waals surface area contributed by atoms with Gasteiger partial charge in [0.05, 0.1) is 11.7 Å². The maximum Gasteiger partial charge on any atom is 0.258 e. The van der Waals surface area contributed by atoms with E-state index in [9.17, 15) is 19.1 Å². The number of hydrogen-bond acceptors (Lipinski definition) is 5. The van der Waals surface area contributed by atoms with E-state index in [0.717, 1.165) is 5.69 Å². The van der Waals surface area contributed by atoms with Crippen LogP contribution in [0.4, 0.5) is 10.1 Å². The van der Waals surface area contributed by atoms with Gasteiger partial charge in [-0.05, 0) is 42.8 Å². The van der Waals surface area contributed by atoms with Crippen molar-refractivity contribution in [3.63, 3.8) is 0 Å². The number of likely N-dealkylation sites (tertiary alicyclic amines) is 1. The maximum absolute atomic E-state index is 13.5. The summed E-state index contributed by atoms with van der Waals surface area (Å²) in [5.41, 5.74) is 9.07. The number of carbonyl (C=O) groups excluding carboxylic acids is 1. The standard InChI is InChI=1S/C22H20FN5O3/c23-15-3-6-19-14(9-15)10-18(21(30)26-19)20(27-24)11-25-16-4-1-13(2-5-16)22(31)28-8-7-17(29)12-28/h1-6,9-11,17,24-25,29H,7-8,12H2,(H,26,30)/p+1. The highest BCUT2D eigenvalue weighted by Crippen LogP contribution is 2.18. The molecule has 2 aromatic carbocycles. The number of aliphatic hydroxyl groups is 1. The summed E-state index contributed by atoms with van der Waals surface area (Å²) >= 11 is 0. The van der Waals surface area contributed by atoms with Crippen molar-refractivity contribution >= 4 is 28.2 Å². The molecule has 1 aliphatic heterocycles.